The third-order valence-electron chi connectivity index (χ3n) is 6.96. The minimum Gasteiger partial charge on any atom is -0.457 e. The summed E-state index contributed by atoms with van der Waals surface area (Å²) in [4.78, 5) is 0. The number of benzene rings is 2. The monoisotopic (exact) mass is 390 g/mol. The van der Waals surface area contributed by atoms with E-state index in [2.05, 4.69) is 11.8 Å². The third kappa shape index (κ3) is 3.04. The molecule has 2 aromatic rings. The van der Waals surface area contributed by atoms with Gasteiger partial charge in [0.2, 0.25) is 0 Å². The van der Waals surface area contributed by atoms with Gasteiger partial charge in [-0.15, -0.1) is 0 Å². The van der Waals surface area contributed by atoms with E-state index in [-0.39, 0.29) is 5.92 Å². The molecule has 5 nitrogen and oxygen atoms in total. The normalized spacial score (nSPS) is 34.5. The Balaban J connectivity index is 1.40. The van der Waals surface area contributed by atoms with E-state index < -0.39 is 11.2 Å². The fourth-order valence-corrected chi connectivity index (χ4v) is 5.78. The summed E-state index contributed by atoms with van der Waals surface area (Å²) in [5, 5.41) is 22.6. The number of ether oxygens (including phenoxy) is 1. The van der Waals surface area contributed by atoms with Crippen LogP contribution in [0.2, 0.25) is 0 Å². The van der Waals surface area contributed by atoms with E-state index in [1.54, 1.807) is 30.3 Å². The highest BCUT2D eigenvalue weighted by Crippen LogP contribution is 2.60. The molecule has 4 bridgehead atoms. The summed E-state index contributed by atoms with van der Waals surface area (Å²) >= 11 is 0. The fraction of sp³-hybridized carbons (Fsp3) is 0.417. The molecule has 29 heavy (non-hydrogen) atoms. The van der Waals surface area contributed by atoms with Gasteiger partial charge in [0, 0.05) is 29.3 Å². The molecule has 4 aliphatic rings. The zero-order chi connectivity index (χ0) is 20.2. The number of rotatable bonds is 2. The molecule has 2 aromatic carbocycles. The van der Waals surface area contributed by atoms with Crippen molar-refractivity contribution in [1.82, 2.24) is 0 Å². The second-order valence-electron chi connectivity index (χ2n) is 9.02. The zero-order valence-electron chi connectivity index (χ0n) is 16.3. The van der Waals surface area contributed by atoms with Gasteiger partial charge in [-0.25, -0.2) is 0 Å². The molecule has 3 atom stereocenters. The lowest BCUT2D eigenvalue weighted by Gasteiger charge is -2.61. The second-order valence-corrected chi connectivity index (χ2v) is 9.02. The van der Waals surface area contributed by atoms with E-state index in [0.717, 1.165) is 12.8 Å². The summed E-state index contributed by atoms with van der Waals surface area (Å²) in [6.07, 6.45) is 4.38. The van der Waals surface area contributed by atoms with Gasteiger partial charge in [0.05, 0.1) is 5.69 Å². The Labute approximate surface area is 170 Å². The van der Waals surface area contributed by atoms with Gasteiger partial charge in [-0.05, 0) is 68.2 Å². The van der Waals surface area contributed by atoms with Crippen molar-refractivity contribution in [1.29, 1.82) is 0 Å². The number of hydrogen-bond acceptors (Lipinski definition) is 5. The minimum absolute atomic E-state index is 0.0404. The maximum atomic E-state index is 11.4. The van der Waals surface area contributed by atoms with Crippen molar-refractivity contribution in [3.05, 3.63) is 48.0 Å². The van der Waals surface area contributed by atoms with Crippen LogP contribution in [0.15, 0.2) is 42.5 Å². The quantitative estimate of drug-likeness (QED) is 0.466. The van der Waals surface area contributed by atoms with Crippen LogP contribution < -0.4 is 16.2 Å². The highest BCUT2D eigenvalue weighted by atomic mass is 16.5. The molecule has 3 unspecified atom stereocenters. The summed E-state index contributed by atoms with van der Waals surface area (Å²) in [5.74, 6) is 8.38. The van der Waals surface area contributed by atoms with Crippen LogP contribution in [0.3, 0.4) is 0 Å². The van der Waals surface area contributed by atoms with Gasteiger partial charge in [0.1, 0.15) is 17.1 Å². The molecule has 4 fully saturated rings. The molecule has 4 saturated carbocycles. The SMILES string of the molecule is Nc1cccc(Oc2ccc(C#CC3(O)C4CC5CC(C4)CC3(O)C5)c(N)c2)c1. The molecule has 0 aliphatic heterocycles. The molecular weight excluding hydrogens is 364 g/mol. The Hall–Kier alpha value is -2.68. The largest absolute Gasteiger partial charge is 0.457 e. The van der Waals surface area contributed by atoms with Gasteiger partial charge in [-0.3, -0.25) is 0 Å². The molecule has 0 heterocycles. The van der Waals surface area contributed by atoms with Gasteiger partial charge >= 0.3 is 0 Å². The summed E-state index contributed by atoms with van der Waals surface area (Å²) in [6.45, 7) is 0. The van der Waals surface area contributed by atoms with Gasteiger partial charge in [0.15, 0.2) is 5.60 Å². The minimum atomic E-state index is -1.36. The Morgan fingerprint density at radius 3 is 2.31 bits per heavy atom. The Morgan fingerprint density at radius 1 is 0.931 bits per heavy atom. The van der Waals surface area contributed by atoms with Crippen LogP contribution in [-0.4, -0.2) is 21.4 Å². The zero-order valence-corrected chi connectivity index (χ0v) is 16.3. The van der Waals surface area contributed by atoms with Crippen LogP contribution in [0.4, 0.5) is 11.4 Å². The van der Waals surface area contributed by atoms with E-state index in [1.807, 2.05) is 12.1 Å². The van der Waals surface area contributed by atoms with Crippen LogP contribution >= 0.6 is 0 Å². The summed E-state index contributed by atoms with van der Waals surface area (Å²) in [6, 6.07) is 12.5. The van der Waals surface area contributed by atoms with Crippen LogP contribution in [0.25, 0.3) is 0 Å². The van der Waals surface area contributed by atoms with Crippen molar-refractivity contribution in [2.45, 2.75) is 43.3 Å². The van der Waals surface area contributed by atoms with Crippen LogP contribution in [0, 0.1) is 29.6 Å². The average Bonchev–Trinajstić information content (AvgIpc) is 2.65. The first-order chi connectivity index (χ1) is 13.8. The second kappa shape index (κ2) is 6.41. The van der Waals surface area contributed by atoms with Crippen LogP contribution in [-0.2, 0) is 0 Å². The van der Waals surface area contributed by atoms with E-state index >= 15 is 0 Å². The van der Waals surface area contributed by atoms with Crippen molar-refractivity contribution in [3.63, 3.8) is 0 Å². The molecule has 6 N–H and O–H groups in total. The lowest BCUT2D eigenvalue weighted by atomic mass is 9.48. The molecule has 150 valence electrons. The maximum absolute atomic E-state index is 11.4. The van der Waals surface area contributed by atoms with Crippen LogP contribution in [0.5, 0.6) is 11.5 Å². The molecular formula is C24H26N2O3. The Morgan fingerprint density at radius 2 is 1.66 bits per heavy atom. The van der Waals surface area contributed by atoms with Crippen molar-refractivity contribution in [3.8, 4) is 23.3 Å². The molecule has 0 saturated heterocycles. The molecule has 0 amide bonds. The van der Waals surface area contributed by atoms with Crippen molar-refractivity contribution in [2.24, 2.45) is 17.8 Å². The van der Waals surface area contributed by atoms with E-state index in [0.29, 0.717) is 53.1 Å². The van der Waals surface area contributed by atoms with Crippen molar-refractivity contribution < 1.29 is 14.9 Å². The number of nitrogens with two attached hydrogens (primary N) is 2. The fourth-order valence-electron chi connectivity index (χ4n) is 5.78. The van der Waals surface area contributed by atoms with Crippen molar-refractivity contribution >= 4 is 11.4 Å². The Bertz CT molecular complexity index is 1010. The first-order valence-corrected chi connectivity index (χ1v) is 10.3. The standard InChI is InChI=1S/C24H26N2O3/c25-19-2-1-3-20(11-19)29-21-5-4-17(22(26)12-21)6-7-24(28)18-9-15-8-16(10-18)14-23(24,27)13-15/h1-5,11-12,15-16,18,27-28H,8-10,13-14,25-26H2. The number of aliphatic hydroxyl groups is 2. The highest BCUT2D eigenvalue weighted by molar-refractivity contribution is 5.60. The van der Waals surface area contributed by atoms with E-state index in [1.165, 1.54) is 6.42 Å². The Kier molecular flexibility index (Phi) is 4.06. The summed E-state index contributed by atoms with van der Waals surface area (Å²) in [7, 11) is 0. The number of hydrogen-bond donors (Lipinski definition) is 4. The van der Waals surface area contributed by atoms with Gasteiger partial charge < -0.3 is 26.4 Å². The molecule has 4 aliphatic carbocycles. The summed E-state index contributed by atoms with van der Waals surface area (Å²) < 4.78 is 5.81. The lowest BCUT2D eigenvalue weighted by Crippen LogP contribution is -2.68. The molecule has 0 spiro atoms. The first-order valence-electron chi connectivity index (χ1n) is 10.3. The number of nitrogen functional groups attached to an aromatic ring is 2. The molecule has 0 radical (unpaired) electrons. The third-order valence-corrected chi connectivity index (χ3v) is 6.96. The van der Waals surface area contributed by atoms with E-state index in [4.69, 9.17) is 16.2 Å². The predicted octanol–water partition coefficient (Wildman–Crippen LogP) is 3.30. The van der Waals surface area contributed by atoms with Crippen LogP contribution in [0.1, 0.15) is 37.7 Å². The molecule has 5 heteroatoms. The predicted molar refractivity (Wildman–Crippen MR) is 112 cm³/mol. The highest BCUT2D eigenvalue weighted by Gasteiger charge is 2.64. The maximum Gasteiger partial charge on any atom is 0.157 e. The molecule has 6 rings (SSSR count). The average molecular weight is 390 g/mol. The lowest BCUT2D eigenvalue weighted by molar-refractivity contribution is -0.239. The van der Waals surface area contributed by atoms with Gasteiger partial charge in [-0.1, -0.05) is 17.9 Å². The molecule has 0 aromatic heterocycles. The summed E-state index contributed by atoms with van der Waals surface area (Å²) in [5.41, 5.74) is 11.2. The van der Waals surface area contributed by atoms with Gasteiger partial charge in [-0.2, -0.15) is 0 Å². The number of anilines is 2. The smallest absolute Gasteiger partial charge is 0.157 e. The first kappa shape index (κ1) is 18.4. The topological polar surface area (TPSA) is 102 Å². The van der Waals surface area contributed by atoms with Crippen molar-refractivity contribution in [2.75, 3.05) is 11.5 Å². The van der Waals surface area contributed by atoms with E-state index in [9.17, 15) is 10.2 Å². The van der Waals surface area contributed by atoms with Gasteiger partial charge in [0.25, 0.3) is 0 Å².